The number of thioether (sulfide) groups is 2. The molecule has 0 aliphatic rings. The molecule has 0 saturated carbocycles. The van der Waals surface area contributed by atoms with Crippen molar-refractivity contribution >= 4 is 33.8 Å². The molecule has 32 heavy (non-hydrogen) atoms. The Labute approximate surface area is 203 Å². The second-order valence-corrected chi connectivity index (χ2v) is 10.9. The van der Waals surface area contributed by atoms with Crippen LogP contribution in [-0.2, 0) is 35.3 Å². The Balaban J connectivity index is 2.91. The highest BCUT2D eigenvalue weighted by Gasteiger charge is 2.11. The quantitative estimate of drug-likeness (QED) is 0.268. The van der Waals surface area contributed by atoms with Gasteiger partial charge >= 0.3 is 0 Å². The standard InChI is InChI=1S/C26H42O4S2/c1-21(29)31-17-9-5-13-25-19-23(11-3-7-15-27)24(12-4-8-16-28)20-26(25)14-6-10-18-32-22(2)30/h19-20,27-28H,3-18H2,1-2H3. The van der Waals surface area contributed by atoms with Crippen LogP contribution in [0.1, 0.15) is 87.5 Å². The summed E-state index contributed by atoms with van der Waals surface area (Å²) in [5.41, 5.74) is 5.62. The van der Waals surface area contributed by atoms with Crippen LogP contribution in [0.5, 0.6) is 0 Å². The molecule has 0 bridgehead atoms. The Kier molecular flexibility index (Phi) is 17.0. The van der Waals surface area contributed by atoms with Crippen molar-refractivity contribution in [2.75, 3.05) is 24.7 Å². The van der Waals surface area contributed by atoms with Crippen molar-refractivity contribution < 1.29 is 19.8 Å². The number of aryl methyl sites for hydroxylation is 4. The van der Waals surface area contributed by atoms with Crippen LogP contribution < -0.4 is 0 Å². The van der Waals surface area contributed by atoms with Crippen molar-refractivity contribution in [3.8, 4) is 0 Å². The lowest BCUT2D eigenvalue weighted by Crippen LogP contribution is -2.04. The highest BCUT2D eigenvalue weighted by Crippen LogP contribution is 2.25. The van der Waals surface area contributed by atoms with Gasteiger partial charge in [-0.3, -0.25) is 9.59 Å². The molecular weight excluding hydrogens is 440 g/mol. The summed E-state index contributed by atoms with van der Waals surface area (Å²) < 4.78 is 0. The Hall–Kier alpha value is -0.820. The molecule has 0 aromatic heterocycles. The summed E-state index contributed by atoms with van der Waals surface area (Å²) in [6.07, 6.45) is 11.9. The highest BCUT2D eigenvalue weighted by atomic mass is 32.2. The summed E-state index contributed by atoms with van der Waals surface area (Å²) >= 11 is 2.82. The van der Waals surface area contributed by atoms with E-state index in [1.165, 1.54) is 45.8 Å². The van der Waals surface area contributed by atoms with E-state index in [1.807, 2.05) is 0 Å². The van der Waals surface area contributed by atoms with Gasteiger partial charge in [-0.1, -0.05) is 35.7 Å². The fourth-order valence-electron chi connectivity index (χ4n) is 3.84. The van der Waals surface area contributed by atoms with Crippen molar-refractivity contribution in [2.24, 2.45) is 0 Å². The fraction of sp³-hybridized carbons (Fsp3) is 0.692. The Morgan fingerprint density at radius 2 is 0.906 bits per heavy atom. The topological polar surface area (TPSA) is 74.6 Å². The molecule has 0 fully saturated rings. The Morgan fingerprint density at radius 3 is 1.19 bits per heavy atom. The highest BCUT2D eigenvalue weighted by molar-refractivity contribution is 8.13. The van der Waals surface area contributed by atoms with Crippen molar-refractivity contribution in [3.05, 3.63) is 34.4 Å². The summed E-state index contributed by atoms with van der Waals surface area (Å²) in [6, 6.07) is 4.78. The first kappa shape index (κ1) is 29.2. The van der Waals surface area contributed by atoms with E-state index in [1.54, 1.807) is 13.8 Å². The van der Waals surface area contributed by atoms with Crippen LogP contribution in [0.4, 0.5) is 0 Å². The van der Waals surface area contributed by atoms with Gasteiger partial charge in [0, 0.05) is 38.6 Å². The predicted molar refractivity (Wildman–Crippen MR) is 139 cm³/mol. The largest absolute Gasteiger partial charge is 0.396 e. The lowest BCUT2D eigenvalue weighted by atomic mass is 9.89. The molecule has 1 aromatic rings. The van der Waals surface area contributed by atoms with Crippen LogP contribution in [0, 0.1) is 0 Å². The number of carbonyl (C=O) groups excluding carboxylic acids is 2. The van der Waals surface area contributed by atoms with Crippen LogP contribution in [0.3, 0.4) is 0 Å². The van der Waals surface area contributed by atoms with Crippen molar-refractivity contribution in [1.29, 1.82) is 0 Å². The van der Waals surface area contributed by atoms with E-state index < -0.39 is 0 Å². The monoisotopic (exact) mass is 482 g/mol. The summed E-state index contributed by atoms with van der Waals surface area (Å²) in [4.78, 5) is 22.3. The minimum atomic E-state index is 0.188. The van der Waals surface area contributed by atoms with E-state index in [-0.39, 0.29) is 23.4 Å². The van der Waals surface area contributed by atoms with Crippen molar-refractivity contribution in [3.63, 3.8) is 0 Å². The van der Waals surface area contributed by atoms with Gasteiger partial charge in [-0.15, -0.1) is 0 Å². The third-order valence-corrected chi connectivity index (χ3v) is 7.32. The Morgan fingerprint density at radius 1 is 0.594 bits per heavy atom. The number of hydrogen-bond donors (Lipinski definition) is 2. The van der Waals surface area contributed by atoms with Gasteiger partial charge in [-0.2, -0.15) is 0 Å². The molecule has 4 nitrogen and oxygen atoms in total. The van der Waals surface area contributed by atoms with Crippen molar-refractivity contribution in [1.82, 2.24) is 0 Å². The zero-order chi connectivity index (χ0) is 23.6. The minimum absolute atomic E-state index is 0.188. The van der Waals surface area contributed by atoms with E-state index in [2.05, 4.69) is 12.1 Å². The zero-order valence-electron chi connectivity index (χ0n) is 20.0. The normalized spacial score (nSPS) is 11.1. The van der Waals surface area contributed by atoms with Crippen LogP contribution in [0.15, 0.2) is 12.1 Å². The molecule has 0 amide bonds. The number of unbranched alkanes of at least 4 members (excludes halogenated alkanes) is 4. The maximum absolute atomic E-state index is 11.2. The average molecular weight is 483 g/mol. The maximum Gasteiger partial charge on any atom is 0.185 e. The number of benzene rings is 1. The number of rotatable bonds is 18. The molecule has 0 aliphatic heterocycles. The molecule has 0 saturated heterocycles. The van der Waals surface area contributed by atoms with Gasteiger partial charge in [0.25, 0.3) is 0 Å². The summed E-state index contributed by atoms with van der Waals surface area (Å²) in [7, 11) is 0. The molecule has 2 N–H and O–H groups in total. The Bertz CT molecular complexity index is 619. The van der Waals surface area contributed by atoms with Crippen LogP contribution >= 0.6 is 23.5 Å². The van der Waals surface area contributed by atoms with Gasteiger partial charge in [0.15, 0.2) is 10.2 Å². The number of carbonyl (C=O) groups is 2. The number of aliphatic hydroxyl groups excluding tert-OH is 2. The van der Waals surface area contributed by atoms with Gasteiger partial charge in [0.2, 0.25) is 0 Å². The molecule has 182 valence electrons. The smallest absolute Gasteiger partial charge is 0.185 e. The SMILES string of the molecule is CC(=O)SCCCCc1cc(CCCCO)c(CCCCO)cc1CCCCSC(C)=O. The number of aliphatic hydroxyl groups is 2. The fourth-order valence-corrected chi connectivity index (χ4v) is 5.12. The van der Waals surface area contributed by atoms with Gasteiger partial charge in [0.05, 0.1) is 0 Å². The van der Waals surface area contributed by atoms with Crippen molar-refractivity contribution in [2.45, 2.75) is 90.9 Å². The average Bonchev–Trinajstić information content (AvgIpc) is 2.75. The first-order valence-corrected chi connectivity index (χ1v) is 14.1. The lowest BCUT2D eigenvalue weighted by Gasteiger charge is -2.17. The van der Waals surface area contributed by atoms with E-state index >= 15 is 0 Å². The third-order valence-electron chi connectivity index (χ3n) is 5.52. The summed E-state index contributed by atoms with van der Waals surface area (Å²) in [6.45, 7) is 3.72. The van der Waals surface area contributed by atoms with E-state index in [9.17, 15) is 19.8 Å². The molecule has 0 spiro atoms. The molecule has 1 aromatic carbocycles. The first-order valence-electron chi connectivity index (χ1n) is 12.1. The molecule has 0 aliphatic carbocycles. The maximum atomic E-state index is 11.2. The van der Waals surface area contributed by atoms with E-state index in [0.29, 0.717) is 0 Å². The second-order valence-electron chi connectivity index (χ2n) is 8.35. The first-order chi connectivity index (χ1) is 15.5. The predicted octanol–water partition coefficient (Wildman–Crippen LogP) is 5.52. The molecule has 6 heteroatoms. The van der Waals surface area contributed by atoms with Crippen LogP contribution in [0.25, 0.3) is 0 Å². The minimum Gasteiger partial charge on any atom is -0.396 e. The van der Waals surface area contributed by atoms with Gasteiger partial charge < -0.3 is 10.2 Å². The van der Waals surface area contributed by atoms with E-state index in [0.717, 1.165) is 88.6 Å². The second kappa shape index (κ2) is 18.6. The van der Waals surface area contributed by atoms with Crippen LogP contribution in [-0.4, -0.2) is 45.2 Å². The number of hydrogen-bond acceptors (Lipinski definition) is 6. The summed E-state index contributed by atoms with van der Waals surface area (Å²) in [5, 5.41) is 18.8. The van der Waals surface area contributed by atoms with Gasteiger partial charge in [-0.05, 0) is 99.3 Å². The molecule has 0 atom stereocenters. The molecule has 1 rings (SSSR count). The summed E-state index contributed by atoms with van der Waals surface area (Å²) in [5.74, 6) is 1.77. The molecular formula is C26H42O4S2. The molecule has 0 heterocycles. The van der Waals surface area contributed by atoms with Gasteiger partial charge in [0.1, 0.15) is 0 Å². The van der Waals surface area contributed by atoms with Gasteiger partial charge in [-0.25, -0.2) is 0 Å². The third kappa shape index (κ3) is 13.7. The lowest BCUT2D eigenvalue weighted by molar-refractivity contribution is -0.109. The molecule has 0 unspecified atom stereocenters. The van der Waals surface area contributed by atoms with Crippen LogP contribution in [0.2, 0.25) is 0 Å². The van der Waals surface area contributed by atoms with E-state index in [4.69, 9.17) is 0 Å². The molecule has 0 radical (unpaired) electrons. The zero-order valence-corrected chi connectivity index (χ0v) is 21.6.